The van der Waals surface area contributed by atoms with Crippen molar-refractivity contribution in [3.63, 3.8) is 0 Å². The molecule has 0 radical (unpaired) electrons. The Morgan fingerprint density at radius 3 is 2.65 bits per heavy atom. The van der Waals surface area contributed by atoms with E-state index in [1.807, 2.05) is 19.9 Å². The molecule has 0 saturated heterocycles. The summed E-state index contributed by atoms with van der Waals surface area (Å²) in [5.74, 6) is 0.652. The summed E-state index contributed by atoms with van der Waals surface area (Å²) < 4.78 is 5.09. The molecule has 0 aliphatic rings. The Hall–Kier alpha value is -2.06. The third kappa shape index (κ3) is 4.25. The molecule has 0 spiro atoms. The lowest BCUT2D eigenvalue weighted by Crippen LogP contribution is -2.37. The van der Waals surface area contributed by atoms with Crippen LogP contribution >= 0.6 is 0 Å². The number of amides is 1. The molecule has 5 nitrogen and oxygen atoms in total. The average Bonchev–Trinajstić information content (AvgIpc) is 2.48. The molecular formula is C15H21N3O2. The van der Waals surface area contributed by atoms with Crippen LogP contribution in [0.25, 0.3) is 0 Å². The van der Waals surface area contributed by atoms with Crippen LogP contribution in [-0.2, 0) is 11.3 Å². The zero-order chi connectivity index (χ0) is 15.0. The van der Waals surface area contributed by atoms with Gasteiger partial charge in [0.15, 0.2) is 0 Å². The lowest BCUT2D eigenvalue weighted by Gasteiger charge is -2.18. The van der Waals surface area contributed by atoms with Gasteiger partial charge < -0.3 is 15.0 Å². The first-order valence-corrected chi connectivity index (χ1v) is 6.71. The number of likely N-dealkylation sites (N-methyl/N-ethyl adjacent to an activating group) is 1. The van der Waals surface area contributed by atoms with Crippen LogP contribution in [-0.4, -0.2) is 37.6 Å². The fourth-order valence-electron chi connectivity index (χ4n) is 1.95. The number of nitriles is 1. The van der Waals surface area contributed by atoms with E-state index in [9.17, 15) is 4.79 Å². The fraction of sp³-hybridized carbons (Fsp3) is 0.467. The van der Waals surface area contributed by atoms with Crippen molar-refractivity contribution in [1.29, 1.82) is 5.26 Å². The lowest BCUT2D eigenvalue weighted by molar-refractivity contribution is -0.129. The van der Waals surface area contributed by atoms with E-state index in [0.29, 0.717) is 24.4 Å². The van der Waals surface area contributed by atoms with Crippen LogP contribution in [0.5, 0.6) is 5.75 Å². The third-order valence-corrected chi connectivity index (χ3v) is 3.11. The first-order valence-electron chi connectivity index (χ1n) is 6.71. The number of methoxy groups -OCH3 is 1. The summed E-state index contributed by atoms with van der Waals surface area (Å²) in [6.07, 6.45) is 0. The predicted octanol–water partition coefficient (Wildman–Crippen LogP) is 1.52. The molecule has 108 valence electrons. The molecule has 0 aromatic heterocycles. The van der Waals surface area contributed by atoms with Crippen molar-refractivity contribution in [2.45, 2.75) is 20.4 Å². The van der Waals surface area contributed by atoms with Gasteiger partial charge in [-0.05, 0) is 31.5 Å². The molecule has 0 aliphatic carbocycles. The highest BCUT2D eigenvalue weighted by atomic mass is 16.5. The minimum atomic E-state index is 0.0871. The molecule has 0 aliphatic heterocycles. The molecule has 0 heterocycles. The molecule has 5 heteroatoms. The SMILES string of the molecule is CCN(CC)C(=O)CNCc1ccc(OC)c(C#N)c1. The van der Waals surface area contributed by atoms with Crippen LogP contribution in [0.15, 0.2) is 18.2 Å². The van der Waals surface area contributed by atoms with E-state index >= 15 is 0 Å². The van der Waals surface area contributed by atoms with Gasteiger partial charge in [-0.1, -0.05) is 6.07 Å². The zero-order valence-corrected chi connectivity index (χ0v) is 12.3. The van der Waals surface area contributed by atoms with Gasteiger partial charge >= 0.3 is 0 Å². The van der Waals surface area contributed by atoms with Gasteiger partial charge in [-0.3, -0.25) is 4.79 Å². The molecule has 0 bridgehead atoms. The topological polar surface area (TPSA) is 65.4 Å². The van der Waals surface area contributed by atoms with Gasteiger partial charge in [-0.15, -0.1) is 0 Å². The van der Waals surface area contributed by atoms with Crippen LogP contribution in [0.2, 0.25) is 0 Å². The predicted molar refractivity (Wildman–Crippen MR) is 77.3 cm³/mol. The monoisotopic (exact) mass is 275 g/mol. The molecule has 1 N–H and O–H groups in total. The molecule has 1 aromatic rings. The largest absolute Gasteiger partial charge is 0.495 e. The summed E-state index contributed by atoms with van der Waals surface area (Å²) in [6, 6.07) is 7.52. The highest BCUT2D eigenvalue weighted by molar-refractivity contribution is 5.78. The van der Waals surface area contributed by atoms with Crippen LogP contribution in [0.1, 0.15) is 25.0 Å². The number of hydrogen-bond acceptors (Lipinski definition) is 4. The minimum absolute atomic E-state index is 0.0871. The van der Waals surface area contributed by atoms with Crippen molar-refractivity contribution >= 4 is 5.91 Å². The number of benzene rings is 1. The van der Waals surface area contributed by atoms with Gasteiger partial charge in [0.2, 0.25) is 5.91 Å². The summed E-state index contributed by atoms with van der Waals surface area (Å²) in [5, 5.41) is 12.1. The quantitative estimate of drug-likeness (QED) is 0.819. The number of rotatable bonds is 7. The molecule has 1 aromatic carbocycles. The van der Waals surface area contributed by atoms with Gasteiger partial charge in [0.25, 0.3) is 0 Å². The smallest absolute Gasteiger partial charge is 0.236 e. The second kappa shape index (κ2) is 8.18. The van der Waals surface area contributed by atoms with Crippen molar-refractivity contribution in [2.24, 2.45) is 0 Å². The first kappa shape index (κ1) is 16.0. The summed E-state index contributed by atoms with van der Waals surface area (Å²) in [5.41, 5.74) is 1.46. The first-order chi connectivity index (χ1) is 9.65. The Kier molecular flexibility index (Phi) is 6.54. The molecule has 20 heavy (non-hydrogen) atoms. The Bertz CT molecular complexity index is 490. The van der Waals surface area contributed by atoms with Crippen molar-refractivity contribution in [3.8, 4) is 11.8 Å². The van der Waals surface area contributed by atoms with Crippen LogP contribution in [0, 0.1) is 11.3 Å². The molecule has 0 unspecified atom stereocenters. The highest BCUT2D eigenvalue weighted by Crippen LogP contribution is 2.18. The molecular weight excluding hydrogens is 254 g/mol. The zero-order valence-electron chi connectivity index (χ0n) is 12.3. The van der Waals surface area contributed by atoms with E-state index in [1.165, 1.54) is 7.11 Å². The summed E-state index contributed by atoms with van der Waals surface area (Å²) in [6.45, 7) is 6.21. The lowest BCUT2D eigenvalue weighted by atomic mass is 10.1. The Morgan fingerprint density at radius 2 is 2.10 bits per heavy atom. The van der Waals surface area contributed by atoms with E-state index in [1.54, 1.807) is 17.0 Å². The minimum Gasteiger partial charge on any atom is -0.495 e. The van der Waals surface area contributed by atoms with Crippen molar-refractivity contribution in [1.82, 2.24) is 10.2 Å². The second-order valence-corrected chi connectivity index (χ2v) is 4.32. The molecule has 0 atom stereocenters. The maximum absolute atomic E-state index is 11.8. The van der Waals surface area contributed by atoms with Crippen molar-refractivity contribution in [2.75, 3.05) is 26.7 Å². The molecule has 1 rings (SSSR count). The van der Waals surface area contributed by atoms with Gasteiger partial charge in [0, 0.05) is 19.6 Å². The van der Waals surface area contributed by atoms with Gasteiger partial charge in [-0.25, -0.2) is 0 Å². The van der Waals surface area contributed by atoms with Crippen LogP contribution in [0.3, 0.4) is 0 Å². The maximum atomic E-state index is 11.8. The molecule has 1 amide bonds. The standard InChI is InChI=1S/C15H21N3O2/c1-4-18(5-2)15(19)11-17-10-12-6-7-14(20-3)13(8-12)9-16/h6-8,17H,4-5,10-11H2,1-3H3. The third-order valence-electron chi connectivity index (χ3n) is 3.11. The van der Waals surface area contributed by atoms with Crippen molar-refractivity contribution < 1.29 is 9.53 Å². The summed E-state index contributed by atoms with van der Waals surface area (Å²) in [7, 11) is 1.54. The number of nitrogens with zero attached hydrogens (tertiary/aromatic N) is 2. The Balaban J connectivity index is 2.55. The van der Waals surface area contributed by atoms with Crippen molar-refractivity contribution in [3.05, 3.63) is 29.3 Å². The summed E-state index contributed by atoms with van der Waals surface area (Å²) in [4.78, 5) is 13.6. The number of nitrogens with one attached hydrogen (secondary N) is 1. The molecule has 0 fully saturated rings. The highest BCUT2D eigenvalue weighted by Gasteiger charge is 2.09. The number of hydrogen-bond donors (Lipinski definition) is 1. The van der Waals surface area contributed by atoms with Crippen LogP contribution < -0.4 is 10.1 Å². The van der Waals surface area contributed by atoms with Gasteiger partial charge in [0.05, 0.1) is 19.2 Å². The number of carbonyl (C=O) groups is 1. The van der Waals surface area contributed by atoms with E-state index < -0.39 is 0 Å². The van der Waals surface area contributed by atoms with Crippen LogP contribution in [0.4, 0.5) is 0 Å². The Labute approximate surface area is 120 Å². The van der Waals surface area contributed by atoms with E-state index in [-0.39, 0.29) is 5.91 Å². The Morgan fingerprint density at radius 1 is 1.40 bits per heavy atom. The molecule has 0 saturated carbocycles. The normalized spacial score (nSPS) is 9.90. The number of ether oxygens (including phenoxy) is 1. The van der Waals surface area contributed by atoms with Gasteiger partial charge in [-0.2, -0.15) is 5.26 Å². The van der Waals surface area contributed by atoms with Gasteiger partial charge in [0.1, 0.15) is 11.8 Å². The maximum Gasteiger partial charge on any atom is 0.236 e. The van der Waals surface area contributed by atoms with E-state index in [4.69, 9.17) is 10.00 Å². The van der Waals surface area contributed by atoms with E-state index in [0.717, 1.165) is 18.7 Å². The average molecular weight is 275 g/mol. The summed E-state index contributed by atoms with van der Waals surface area (Å²) >= 11 is 0. The fourth-order valence-corrected chi connectivity index (χ4v) is 1.95. The van der Waals surface area contributed by atoms with E-state index in [2.05, 4.69) is 11.4 Å². The second-order valence-electron chi connectivity index (χ2n) is 4.32. The number of carbonyl (C=O) groups excluding carboxylic acids is 1.